The molecule has 3 rings (SSSR count). The van der Waals surface area contributed by atoms with E-state index in [9.17, 15) is 14.4 Å². The van der Waals surface area contributed by atoms with E-state index in [1.807, 2.05) is 24.3 Å². The van der Waals surface area contributed by atoms with Gasteiger partial charge in [0.15, 0.2) is 5.16 Å². The van der Waals surface area contributed by atoms with Crippen molar-refractivity contribution in [1.82, 2.24) is 14.9 Å². The molecule has 150 valence electrons. The van der Waals surface area contributed by atoms with Gasteiger partial charge in [0.25, 0.3) is 5.56 Å². The molecule has 0 fully saturated rings. The van der Waals surface area contributed by atoms with Crippen LogP contribution in [0.5, 0.6) is 5.75 Å². The summed E-state index contributed by atoms with van der Waals surface area (Å²) in [4.78, 5) is 40.5. The third-order valence-corrected chi connectivity index (χ3v) is 5.12. The Bertz CT molecular complexity index is 1110. The number of nitrogens with one attached hydrogen (secondary N) is 1. The molecule has 0 unspecified atom stereocenters. The third kappa shape index (κ3) is 4.94. The Balaban J connectivity index is 1.96. The van der Waals surface area contributed by atoms with Crippen molar-refractivity contribution >= 4 is 34.5 Å². The number of para-hydroxylation sites is 2. The molecule has 29 heavy (non-hydrogen) atoms. The van der Waals surface area contributed by atoms with Crippen LogP contribution < -0.4 is 21.3 Å². The largest absolute Gasteiger partial charge is 0.496 e. The number of carbonyl (C=O) groups excluding carboxylic acids is 2. The van der Waals surface area contributed by atoms with Crippen LogP contribution in [0.15, 0.2) is 58.5 Å². The van der Waals surface area contributed by atoms with E-state index in [1.165, 1.54) is 4.57 Å². The average molecular weight is 412 g/mol. The smallest absolute Gasteiger partial charge is 0.262 e. The zero-order valence-electron chi connectivity index (χ0n) is 15.8. The van der Waals surface area contributed by atoms with E-state index in [4.69, 9.17) is 10.5 Å². The van der Waals surface area contributed by atoms with Crippen LogP contribution in [0.1, 0.15) is 5.56 Å². The third-order valence-electron chi connectivity index (χ3n) is 4.14. The maximum Gasteiger partial charge on any atom is 0.262 e. The minimum Gasteiger partial charge on any atom is -0.496 e. The zero-order valence-corrected chi connectivity index (χ0v) is 16.6. The summed E-state index contributed by atoms with van der Waals surface area (Å²) in [5.74, 6) is -0.354. The molecule has 0 spiro atoms. The number of carbonyl (C=O) groups is 2. The van der Waals surface area contributed by atoms with E-state index in [0.29, 0.717) is 21.8 Å². The van der Waals surface area contributed by atoms with Crippen LogP contribution in [0.2, 0.25) is 0 Å². The van der Waals surface area contributed by atoms with Gasteiger partial charge in [-0.15, -0.1) is 0 Å². The quantitative estimate of drug-likeness (QED) is 0.423. The molecule has 2 aromatic carbocycles. The van der Waals surface area contributed by atoms with Crippen LogP contribution in [-0.2, 0) is 16.1 Å². The minimum atomic E-state index is -0.625. The normalized spacial score (nSPS) is 10.7. The first-order valence-electron chi connectivity index (χ1n) is 8.79. The number of aromatic nitrogens is 2. The van der Waals surface area contributed by atoms with Gasteiger partial charge >= 0.3 is 0 Å². The second kappa shape index (κ2) is 9.24. The fraction of sp³-hybridized carbons (Fsp3) is 0.200. The summed E-state index contributed by atoms with van der Waals surface area (Å²) in [7, 11) is 1.57. The number of ether oxygens (including phenoxy) is 1. The summed E-state index contributed by atoms with van der Waals surface area (Å²) in [6.45, 7) is 0.00445. The van der Waals surface area contributed by atoms with E-state index in [0.717, 1.165) is 17.3 Å². The van der Waals surface area contributed by atoms with E-state index >= 15 is 0 Å². The molecule has 0 saturated carbocycles. The lowest BCUT2D eigenvalue weighted by molar-refractivity contribution is -0.123. The van der Waals surface area contributed by atoms with E-state index in [-0.39, 0.29) is 30.3 Å². The predicted octanol–water partition coefficient (Wildman–Crippen LogP) is 1.15. The summed E-state index contributed by atoms with van der Waals surface area (Å²) in [5.41, 5.74) is 6.19. The van der Waals surface area contributed by atoms with Gasteiger partial charge in [-0.05, 0) is 18.2 Å². The summed E-state index contributed by atoms with van der Waals surface area (Å²) in [6, 6.07) is 14.5. The van der Waals surface area contributed by atoms with Gasteiger partial charge in [-0.2, -0.15) is 0 Å². The lowest BCUT2D eigenvalue weighted by Gasteiger charge is -2.15. The molecule has 0 aliphatic heterocycles. The first kappa shape index (κ1) is 20.4. The van der Waals surface area contributed by atoms with Crippen LogP contribution in [0, 0.1) is 0 Å². The van der Waals surface area contributed by atoms with Crippen molar-refractivity contribution in [3.05, 3.63) is 64.4 Å². The molecule has 0 aliphatic rings. The molecule has 2 amide bonds. The number of thioether (sulfide) groups is 1. The van der Waals surface area contributed by atoms with Crippen molar-refractivity contribution in [2.45, 2.75) is 11.7 Å². The molecule has 1 aromatic heterocycles. The molecule has 1 heterocycles. The lowest BCUT2D eigenvalue weighted by Crippen LogP contribution is -2.34. The zero-order chi connectivity index (χ0) is 20.8. The summed E-state index contributed by atoms with van der Waals surface area (Å²) in [6.07, 6.45) is 0. The van der Waals surface area contributed by atoms with Gasteiger partial charge in [-0.25, -0.2) is 4.98 Å². The number of methoxy groups -OCH3 is 1. The van der Waals surface area contributed by atoms with E-state index < -0.39 is 5.91 Å². The Morgan fingerprint density at radius 2 is 1.90 bits per heavy atom. The molecular formula is C20H20N4O4S. The van der Waals surface area contributed by atoms with Gasteiger partial charge in [0.2, 0.25) is 11.8 Å². The van der Waals surface area contributed by atoms with Crippen LogP contribution in [0.25, 0.3) is 10.9 Å². The number of fused-ring (bicyclic) bond motifs is 1. The molecule has 0 atom stereocenters. The first-order chi connectivity index (χ1) is 14.0. The highest BCUT2D eigenvalue weighted by atomic mass is 32.2. The summed E-state index contributed by atoms with van der Waals surface area (Å²) in [5, 5.41) is 3.31. The molecule has 9 heteroatoms. The van der Waals surface area contributed by atoms with Crippen molar-refractivity contribution in [2.75, 3.05) is 19.4 Å². The highest BCUT2D eigenvalue weighted by molar-refractivity contribution is 7.99. The topological polar surface area (TPSA) is 116 Å². The van der Waals surface area contributed by atoms with Gasteiger partial charge in [0.1, 0.15) is 5.75 Å². The van der Waals surface area contributed by atoms with E-state index in [2.05, 4.69) is 10.3 Å². The number of benzene rings is 2. The SMILES string of the molecule is COc1ccccc1Cn1c(SCC(=O)NCC(N)=O)nc2ccccc2c1=O. The highest BCUT2D eigenvalue weighted by Crippen LogP contribution is 2.22. The van der Waals surface area contributed by atoms with Gasteiger partial charge in [-0.1, -0.05) is 42.1 Å². The second-order valence-corrected chi connectivity index (χ2v) is 7.09. The standard InChI is InChI=1S/C20H20N4O4S/c1-28-16-9-5-2-6-13(16)11-24-19(27)14-7-3-4-8-15(14)23-20(24)29-12-18(26)22-10-17(21)25/h2-9H,10-12H2,1H3,(H2,21,25)(H,22,26). The number of rotatable bonds is 8. The van der Waals surface area contributed by atoms with Crippen LogP contribution in [0.3, 0.4) is 0 Å². The van der Waals surface area contributed by atoms with Gasteiger partial charge < -0.3 is 15.8 Å². The van der Waals surface area contributed by atoms with Crippen molar-refractivity contribution in [3.8, 4) is 5.75 Å². The Morgan fingerprint density at radius 1 is 1.17 bits per heavy atom. The maximum absolute atomic E-state index is 13.1. The molecule has 0 bridgehead atoms. The van der Waals surface area contributed by atoms with E-state index in [1.54, 1.807) is 31.4 Å². The van der Waals surface area contributed by atoms with Crippen molar-refractivity contribution in [1.29, 1.82) is 0 Å². The number of primary amides is 1. The molecule has 3 N–H and O–H groups in total. The maximum atomic E-state index is 13.1. The number of nitrogens with zero attached hydrogens (tertiary/aromatic N) is 2. The average Bonchev–Trinajstić information content (AvgIpc) is 2.73. The van der Waals surface area contributed by atoms with Crippen molar-refractivity contribution < 1.29 is 14.3 Å². The summed E-state index contributed by atoms with van der Waals surface area (Å²) >= 11 is 1.12. The number of hydrogen-bond acceptors (Lipinski definition) is 6. The molecular weight excluding hydrogens is 392 g/mol. The summed E-state index contributed by atoms with van der Waals surface area (Å²) < 4.78 is 6.91. The number of nitrogens with two attached hydrogens (primary N) is 1. The predicted molar refractivity (Wildman–Crippen MR) is 111 cm³/mol. The molecule has 8 nitrogen and oxygen atoms in total. The fourth-order valence-electron chi connectivity index (χ4n) is 2.77. The van der Waals surface area contributed by atoms with Gasteiger partial charge in [-0.3, -0.25) is 19.0 Å². The van der Waals surface area contributed by atoms with Gasteiger partial charge in [0.05, 0.1) is 36.9 Å². The monoisotopic (exact) mass is 412 g/mol. The Labute approximate surface area is 171 Å². The number of hydrogen-bond donors (Lipinski definition) is 2. The minimum absolute atomic E-state index is 0.00994. The van der Waals surface area contributed by atoms with Crippen molar-refractivity contribution in [2.24, 2.45) is 5.73 Å². The molecule has 0 aliphatic carbocycles. The number of amides is 2. The molecule has 3 aromatic rings. The van der Waals surface area contributed by atoms with Gasteiger partial charge in [0, 0.05) is 5.56 Å². The highest BCUT2D eigenvalue weighted by Gasteiger charge is 2.15. The Kier molecular flexibility index (Phi) is 6.50. The Morgan fingerprint density at radius 3 is 2.66 bits per heavy atom. The molecule has 0 saturated heterocycles. The second-order valence-electron chi connectivity index (χ2n) is 6.15. The lowest BCUT2D eigenvalue weighted by atomic mass is 10.2. The van der Waals surface area contributed by atoms with Crippen LogP contribution in [0.4, 0.5) is 0 Å². The molecule has 0 radical (unpaired) electrons. The van der Waals surface area contributed by atoms with Crippen molar-refractivity contribution in [3.63, 3.8) is 0 Å². The first-order valence-corrected chi connectivity index (χ1v) is 9.77. The van der Waals surface area contributed by atoms with Crippen LogP contribution >= 0.6 is 11.8 Å². The Hall–Kier alpha value is -3.33. The fourth-order valence-corrected chi connectivity index (χ4v) is 3.60. The van der Waals surface area contributed by atoms with Crippen LogP contribution in [-0.4, -0.2) is 40.8 Å².